The van der Waals surface area contributed by atoms with Crippen LogP contribution in [0.2, 0.25) is 0 Å². The topological polar surface area (TPSA) is 61.4 Å². The third-order valence-corrected chi connectivity index (χ3v) is 3.03. The van der Waals surface area contributed by atoms with Gasteiger partial charge in [0.15, 0.2) is 0 Å². The van der Waals surface area contributed by atoms with Crippen LogP contribution in [0.1, 0.15) is 0 Å². The fourth-order valence-electron chi connectivity index (χ4n) is 2.00. The molecule has 0 atom stereocenters. The van der Waals surface area contributed by atoms with E-state index >= 15 is 0 Å². The molecule has 0 bridgehead atoms. The van der Waals surface area contributed by atoms with E-state index in [2.05, 4.69) is 26.8 Å². The molecule has 2 rings (SSSR count). The summed E-state index contributed by atoms with van der Waals surface area (Å²) in [6, 6.07) is 1.80. The van der Waals surface area contributed by atoms with E-state index in [0.717, 1.165) is 19.0 Å². The Bertz CT molecular complexity index is 414. The number of amides is 1. The third-order valence-electron chi connectivity index (χ3n) is 3.03. The minimum Gasteiger partial charge on any atom is -0.338 e. The average Bonchev–Trinajstić information content (AvgIpc) is 2.48. The normalized spacial score (nSPS) is 15.4. The second-order valence-electron chi connectivity index (χ2n) is 4.34. The van der Waals surface area contributed by atoms with Crippen LogP contribution in [0.3, 0.4) is 0 Å². The standard InChI is InChI=1S/C13H19N5O/c1-2-4-14-11-12(19)17-7-9-18(10-8-17)13-15-5-3-6-16-13/h2-3,5-6,14H,1,4,7-11H2. The van der Waals surface area contributed by atoms with Crippen molar-refractivity contribution in [2.45, 2.75) is 0 Å². The van der Waals surface area contributed by atoms with Gasteiger partial charge in [0.25, 0.3) is 0 Å². The molecule has 1 aromatic heterocycles. The fraction of sp³-hybridized carbons (Fsp3) is 0.462. The Kier molecular flexibility index (Phi) is 4.85. The number of nitrogens with one attached hydrogen (secondary N) is 1. The molecular weight excluding hydrogens is 242 g/mol. The molecule has 0 saturated carbocycles. The van der Waals surface area contributed by atoms with Crippen LogP contribution in [0.25, 0.3) is 0 Å². The zero-order valence-corrected chi connectivity index (χ0v) is 11.0. The first-order chi connectivity index (χ1) is 9.31. The molecule has 6 heteroatoms. The van der Waals surface area contributed by atoms with Crippen LogP contribution in [0.5, 0.6) is 0 Å². The second kappa shape index (κ2) is 6.84. The summed E-state index contributed by atoms with van der Waals surface area (Å²) in [7, 11) is 0. The highest BCUT2D eigenvalue weighted by Crippen LogP contribution is 2.09. The quantitative estimate of drug-likeness (QED) is 0.592. The molecule has 1 saturated heterocycles. The van der Waals surface area contributed by atoms with Crippen molar-refractivity contribution in [1.29, 1.82) is 0 Å². The predicted octanol–water partition coefficient (Wildman–Crippen LogP) is -0.0992. The van der Waals surface area contributed by atoms with E-state index in [0.29, 0.717) is 26.2 Å². The molecule has 102 valence electrons. The average molecular weight is 261 g/mol. The van der Waals surface area contributed by atoms with Gasteiger partial charge in [-0.05, 0) is 6.07 Å². The fourth-order valence-corrected chi connectivity index (χ4v) is 2.00. The van der Waals surface area contributed by atoms with Crippen LogP contribution in [0, 0.1) is 0 Å². The summed E-state index contributed by atoms with van der Waals surface area (Å²) < 4.78 is 0. The number of aromatic nitrogens is 2. The second-order valence-corrected chi connectivity index (χ2v) is 4.34. The predicted molar refractivity (Wildman–Crippen MR) is 73.9 cm³/mol. The molecule has 19 heavy (non-hydrogen) atoms. The molecule has 0 radical (unpaired) electrons. The van der Waals surface area contributed by atoms with Crippen LogP contribution in [0.15, 0.2) is 31.1 Å². The van der Waals surface area contributed by atoms with Crippen LogP contribution in [-0.4, -0.2) is 60.0 Å². The van der Waals surface area contributed by atoms with Gasteiger partial charge in [0.05, 0.1) is 6.54 Å². The number of nitrogens with zero attached hydrogens (tertiary/aromatic N) is 4. The molecule has 0 unspecified atom stereocenters. The third kappa shape index (κ3) is 3.75. The van der Waals surface area contributed by atoms with Gasteiger partial charge in [-0.2, -0.15) is 0 Å². The van der Waals surface area contributed by atoms with Crippen molar-refractivity contribution in [2.75, 3.05) is 44.2 Å². The minimum atomic E-state index is 0.135. The summed E-state index contributed by atoms with van der Waals surface area (Å²) in [5.41, 5.74) is 0. The molecule has 1 aliphatic heterocycles. The first-order valence-electron chi connectivity index (χ1n) is 6.42. The van der Waals surface area contributed by atoms with Crippen molar-refractivity contribution >= 4 is 11.9 Å². The number of rotatable bonds is 5. The Morgan fingerprint density at radius 2 is 2.00 bits per heavy atom. The summed E-state index contributed by atoms with van der Waals surface area (Å²) in [4.78, 5) is 24.3. The summed E-state index contributed by atoms with van der Waals surface area (Å²) in [5, 5.41) is 3.03. The van der Waals surface area contributed by atoms with Gasteiger partial charge in [0.1, 0.15) is 0 Å². The Morgan fingerprint density at radius 3 is 2.63 bits per heavy atom. The van der Waals surface area contributed by atoms with Crippen molar-refractivity contribution < 1.29 is 4.79 Å². The molecule has 2 heterocycles. The van der Waals surface area contributed by atoms with E-state index < -0.39 is 0 Å². The lowest BCUT2D eigenvalue weighted by Gasteiger charge is -2.34. The lowest BCUT2D eigenvalue weighted by Crippen LogP contribution is -2.51. The van der Waals surface area contributed by atoms with Crippen molar-refractivity contribution in [3.63, 3.8) is 0 Å². The summed E-state index contributed by atoms with van der Waals surface area (Å²) in [6.45, 7) is 7.61. The maximum atomic E-state index is 11.9. The molecular formula is C13H19N5O. The summed E-state index contributed by atoms with van der Waals surface area (Å²) >= 11 is 0. The Balaban J connectivity index is 1.79. The van der Waals surface area contributed by atoms with Gasteiger partial charge in [-0.15, -0.1) is 6.58 Å². The lowest BCUT2D eigenvalue weighted by atomic mass is 10.3. The van der Waals surface area contributed by atoms with Crippen molar-refractivity contribution in [2.24, 2.45) is 0 Å². The first-order valence-corrected chi connectivity index (χ1v) is 6.42. The summed E-state index contributed by atoms with van der Waals surface area (Å²) in [5.74, 6) is 0.870. The molecule has 1 aliphatic rings. The van der Waals surface area contributed by atoms with E-state index in [9.17, 15) is 4.79 Å². The Hall–Kier alpha value is -1.95. The first kappa shape index (κ1) is 13.5. The van der Waals surface area contributed by atoms with Gasteiger partial charge >= 0.3 is 0 Å². The highest BCUT2D eigenvalue weighted by Gasteiger charge is 2.21. The number of anilines is 1. The molecule has 1 N–H and O–H groups in total. The van der Waals surface area contributed by atoms with Crippen molar-refractivity contribution in [1.82, 2.24) is 20.2 Å². The molecule has 1 aromatic rings. The van der Waals surface area contributed by atoms with Crippen LogP contribution >= 0.6 is 0 Å². The van der Waals surface area contributed by atoms with E-state index in [4.69, 9.17) is 0 Å². The largest absolute Gasteiger partial charge is 0.338 e. The number of piperazine rings is 1. The van der Waals surface area contributed by atoms with E-state index in [-0.39, 0.29) is 5.91 Å². The van der Waals surface area contributed by atoms with Crippen LogP contribution in [0.4, 0.5) is 5.95 Å². The lowest BCUT2D eigenvalue weighted by molar-refractivity contribution is -0.130. The monoisotopic (exact) mass is 261 g/mol. The van der Waals surface area contributed by atoms with E-state index in [1.807, 2.05) is 4.90 Å². The smallest absolute Gasteiger partial charge is 0.236 e. The van der Waals surface area contributed by atoms with Gasteiger partial charge in [0.2, 0.25) is 11.9 Å². The van der Waals surface area contributed by atoms with E-state index in [1.165, 1.54) is 0 Å². The Morgan fingerprint density at radius 1 is 1.32 bits per heavy atom. The summed E-state index contributed by atoms with van der Waals surface area (Å²) in [6.07, 6.45) is 5.22. The number of carbonyl (C=O) groups is 1. The molecule has 6 nitrogen and oxygen atoms in total. The Labute approximate surface area is 113 Å². The number of carbonyl (C=O) groups excluding carboxylic acids is 1. The minimum absolute atomic E-state index is 0.135. The zero-order valence-electron chi connectivity index (χ0n) is 11.0. The van der Waals surface area contributed by atoms with Crippen molar-refractivity contribution in [3.05, 3.63) is 31.1 Å². The SMILES string of the molecule is C=CCNCC(=O)N1CCN(c2ncccn2)CC1. The van der Waals surface area contributed by atoms with E-state index in [1.54, 1.807) is 24.5 Å². The maximum absolute atomic E-state index is 11.9. The van der Waals surface area contributed by atoms with Gasteiger partial charge in [0, 0.05) is 45.1 Å². The van der Waals surface area contributed by atoms with Gasteiger partial charge in [-0.3, -0.25) is 4.79 Å². The molecule has 1 amide bonds. The zero-order chi connectivity index (χ0) is 13.5. The van der Waals surface area contributed by atoms with Gasteiger partial charge in [-0.25, -0.2) is 9.97 Å². The number of hydrogen-bond donors (Lipinski definition) is 1. The highest BCUT2D eigenvalue weighted by atomic mass is 16.2. The van der Waals surface area contributed by atoms with Gasteiger partial charge in [-0.1, -0.05) is 6.08 Å². The maximum Gasteiger partial charge on any atom is 0.236 e. The van der Waals surface area contributed by atoms with Crippen LogP contribution in [-0.2, 0) is 4.79 Å². The van der Waals surface area contributed by atoms with Crippen molar-refractivity contribution in [3.8, 4) is 0 Å². The van der Waals surface area contributed by atoms with Crippen LogP contribution < -0.4 is 10.2 Å². The molecule has 0 aliphatic carbocycles. The molecule has 0 spiro atoms. The molecule has 1 fully saturated rings. The molecule has 0 aromatic carbocycles. The number of hydrogen-bond acceptors (Lipinski definition) is 5. The van der Waals surface area contributed by atoms with Gasteiger partial charge < -0.3 is 15.1 Å². The highest BCUT2D eigenvalue weighted by molar-refractivity contribution is 5.78.